The number of rotatable bonds is 1. The molecule has 1 atom stereocenters. The first-order chi connectivity index (χ1) is 7.18. The standard InChI is InChI=1S/C12H17FN2/c1-9-8-10(13)5-6-11(9)12-4-2-3-7-15(12)14/h5-6,8,12H,2-4,7,14H2,1H3. The van der Waals surface area contributed by atoms with Crippen molar-refractivity contribution in [2.24, 2.45) is 5.84 Å². The van der Waals surface area contributed by atoms with Crippen molar-refractivity contribution in [3.63, 3.8) is 0 Å². The van der Waals surface area contributed by atoms with E-state index >= 15 is 0 Å². The molecule has 0 aliphatic carbocycles. The second kappa shape index (κ2) is 4.29. The van der Waals surface area contributed by atoms with Gasteiger partial charge in [-0.05, 0) is 43.0 Å². The molecule has 1 unspecified atom stereocenters. The van der Waals surface area contributed by atoms with Crippen LogP contribution < -0.4 is 5.84 Å². The number of aryl methyl sites for hydroxylation is 1. The summed E-state index contributed by atoms with van der Waals surface area (Å²) in [4.78, 5) is 0. The van der Waals surface area contributed by atoms with E-state index in [0.29, 0.717) is 0 Å². The topological polar surface area (TPSA) is 29.3 Å². The van der Waals surface area contributed by atoms with E-state index < -0.39 is 0 Å². The van der Waals surface area contributed by atoms with Gasteiger partial charge in [0, 0.05) is 12.6 Å². The van der Waals surface area contributed by atoms with Gasteiger partial charge in [-0.3, -0.25) is 5.84 Å². The van der Waals surface area contributed by atoms with E-state index in [0.717, 1.165) is 24.9 Å². The summed E-state index contributed by atoms with van der Waals surface area (Å²) in [5.74, 6) is 5.79. The molecular formula is C12H17FN2. The van der Waals surface area contributed by atoms with Crippen molar-refractivity contribution in [1.82, 2.24) is 5.01 Å². The molecule has 2 rings (SSSR count). The first kappa shape index (κ1) is 10.6. The van der Waals surface area contributed by atoms with E-state index in [4.69, 9.17) is 5.84 Å². The summed E-state index contributed by atoms with van der Waals surface area (Å²) < 4.78 is 13.0. The molecule has 0 bridgehead atoms. The Morgan fingerprint density at radius 2 is 2.20 bits per heavy atom. The van der Waals surface area contributed by atoms with Crippen molar-refractivity contribution in [3.8, 4) is 0 Å². The molecule has 1 heterocycles. The minimum Gasteiger partial charge on any atom is -0.268 e. The van der Waals surface area contributed by atoms with E-state index in [9.17, 15) is 4.39 Å². The van der Waals surface area contributed by atoms with Crippen LogP contribution in [0.25, 0.3) is 0 Å². The molecule has 1 aromatic carbocycles. The predicted molar refractivity (Wildman–Crippen MR) is 58.6 cm³/mol. The lowest BCUT2D eigenvalue weighted by atomic mass is 9.93. The summed E-state index contributed by atoms with van der Waals surface area (Å²) in [6.07, 6.45) is 3.44. The van der Waals surface area contributed by atoms with Crippen LogP contribution in [-0.4, -0.2) is 11.6 Å². The van der Waals surface area contributed by atoms with Gasteiger partial charge >= 0.3 is 0 Å². The Morgan fingerprint density at radius 1 is 1.40 bits per heavy atom. The number of hydrogen-bond donors (Lipinski definition) is 1. The van der Waals surface area contributed by atoms with E-state index in [2.05, 4.69) is 0 Å². The number of hydrogen-bond acceptors (Lipinski definition) is 2. The monoisotopic (exact) mass is 208 g/mol. The molecule has 0 aromatic heterocycles. The summed E-state index contributed by atoms with van der Waals surface area (Å²) in [7, 11) is 0. The van der Waals surface area contributed by atoms with Gasteiger partial charge in [0.2, 0.25) is 0 Å². The van der Waals surface area contributed by atoms with Crippen LogP contribution in [0.5, 0.6) is 0 Å². The highest BCUT2D eigenvalue weighted by Crippen LogP contribution is 2.30. The Kier molecular flexibility index (Phi) is 3.03. The number of halogens is 1. The number of nitrogens with two attached hydrogens (primary N) is 1. The van der Waals surface area contributed by atoms with Crippen LogP contribution in [0.3, 0.4) is 0 Å². The third kappa shape index (κ3) is 2.19. The molecule has 2 nitrogen and oxygen atoms in total. The highest BCUT2D eigenvalue weighted by atomic mass is 19.1. The maximum Gasteiger partial charge on any atom is 0.123 e. The van der Waals surface area contributed by atoms with Gasteiger partial charge in [-0.25, -0.2) is 9.40 Å². The Bertz CT molecular complexity index is 351. The molecular weight excluding hydrogens is 191 g/mol. The van der Waals surface area contributed by atoms with Crippen molar-refractivity contribution in [2.45, 2.75) is 32.2 Å². The lowest BCUT2D eigenvalue weighted by Crippen LogP contribution is -2.39. The van der Waals surface area contributed by atoms with Gasteiger partial charge in [0.25, 0.3) is 0 Å². The largest absolute Gasteiger partial charge is 0.268 e. The zero-order valence-corrected chi connectivity index (χ0v) is 9.04. The fourth-order valence-corrected chi connectivity index (χ4v) is 2.30. The molecule has 1 fully saturated rings. The maximum atomic E-state index is 13.0. The Hall–Kier alpha value is -0.930. The average molecular weight is 208 g/mol. The van der Waals surface area contributed by atoms with Gasteiger partial charge in [0.1, 0.15) is 5.82 Å². The molecule has 3 heteroatoms. The minimum atomic E-state index is -0.171. The van der Waals surface area contributed by atoms with E-state index in [1.165, 1.54) is 18.1 Å². The highest BCUT2D eigenvalue weighted by molar-refractivity contribution is 5.29. The van der Waals surface area contributed by atoms with Crippen molar-refractivity contribution in [2.75, 3.05) is 6.54 Å². The molecule has 1 aliphatic heterocycles. The lowest BCUT2D eigenvalue weighted by molar-refractivity contribution is 0.151. The predicted octanol–water partition coefficient (Wildman–Crippen LogP) is 2.53. The van der Waals surface area contributed by atoms with Gasteiger partial charge in [-0.1, -0.05) is 12.5 Å². The molecule has 0 saturated carbocycles. The Morgan fingerprint density at radius 3 is 2.87 bits per heavy atom. The SMILES string of the molecule is Cc1cc(F)ccc1C1CCCCN1N. The molecule has 1 aliphatic rings. The van der Waals surface area contributed by atoms with Crippen LogP contribution in [0.4, 0.5) is 4.39 Å². The van der Waals surface area contributed by atoms with Gasteiger partial charge in [-0.2, -0.15) is 0 Å². The summed E-state index contributed by atoms with van der Waals surface area (Å²) in [6, 6.07) is 5.22. The van der Waals surface area contributed by atoms with Crippen LogP contribution in [0.2, 0.25) is 0 Å². The van der Waals surface area contributed by atoms with Crippen LogP contribution in [0.15, 0.2) is 18.2 Å². The quantitative estimate of drug-likeness (QED) is 0.719. The fraction of sp³-hybridized carbons (Fsp3) is 0.500. The summed E-state index contributed by atoms with van der Waals surface area (Å²) in [5.41, 5.74) is 2.16. The van der Waals surface area contributed by atoms with Crippen molar-refractivity contribution < 1.29 is 4.39 Å². The Balaban J connectivity index is 2.27. The van der Waals surface area contributed by atoms with Crippen LogP contribution in [-0.2, 0) is 0 Å². The second-order valence-corrected chi connectivity index (χ2v) is 4.25. The van der Waals surface area contributed by atoms with Crippen molar-refractivity contribution in [1.29, 1.82) is 0 Å². The van der Waals surface area contributed by atoms with Crippen LogP contribution in [0, 0.1) is 12.7 Å². The fourth-order valence-electron chi connectivity index (χ4n) is 2.30. The Labute approximate surface area is 89.9 Å². The van der Waals surface area contributed by atoms with E-state index in [1.54, 1.807) is 6.07 Å². The number of benzene rings is 1. The van der Waals surface area contributed by atoms with Crippen LogP contribution in [0.1, 0.15) is 36.4 Å². The third-order valence-corrected chi connectivity index (χ3v) is 3.14. The molecule has 0 spiro atoms. The van der Waals surface area contributed by atoms with Gasteiger partial charge in [0.05, 0.1) is 0 Å². The molecule has 15 heavy (non-hydrogen) atoms. The van der Waals surface area contributed by atoms with Crippen LogP contribution >= 0.6 is 0 Å². The zero-order chi connectivity index (χ0) is 10.8. The summed E-state index contributed by atoms with van der Waals surface area (Å²) >= 11 is 0. The normalized spacial score (nSPS) is 23.0. The minimum absolute atomic E-state index is 0.171. The number of piperidine rings is 1. The third-order valence-electron chi connectivity index (χ3n) is 3.14. The number of hydrazine groups is 1. The molecule has 0 amide bonds. The van der Waals surface area contributed by atoms with Crippen molar-refractivity contribution >= 4 is 0 Å². The first-order valence-electron chi connectivity index (χ1n) is 5.46. The van der Waals surface area contributed by atoms with Gasteiger partial charge in [0.15, 0.2) is 0 Å². The maximum absolute atomic E-state index is 13.0. The molecule has 2 N–H and O–H groups in total. The molecule has 82 valence electrons. The van der Waals surface area contributed by atoms with Crippen molar-refractivity contribution in [3.05, 3.63) is 35.1 Å². The molecule has 1 aromatic rings. The van der Waals surface area contributed by atoms with Gasteiger partial charge in [-0.15, -0.1) is 0 Å². The lowest BCUT2D eigenvalue weighted by Gasteiger charge is -2.33. The smallest absolute Gasteiger partial charge is 0.123 e. The van der Waals surface area contributed by atoms with E-state index in [1.807, 2.05) is 18.0 Å². The first-order valence-corrected chi connectivity index (χ1v) is 5.46. The molecule has 1 saturated heterocycles. The highest BCUT2D eigenvalue weighted by Gasteiger charge is 2.22. The van der Waals surface area contributed by atoms with E-state index in [-0.39, 0.29) is 11.9 Å². The summed E-state index contributed by atoms with van der Waals surface area (Å²) in [6.45, 7) is 2.88. The number of nitrogens with zero attached hydrogens (tertiary/aromatic N) is 1. The average Bonchev–Trinajstić information content (AvgIpc) is 2.20. The molecule has 0 radical (unpaired) electrons. The zero-order valence-electron chi connectivity index (χ0n) is 9.04. The second-order valence-electron chi connectivity index (χ2n) is 4.25. The van der Waals surface area contributed by atoms with Gasteiger partial charge < -0.3 is 0 Å². The summed E-state index contributed by atoms with van der Waals surface area (Å²) in [5, 5.41) is 1.88.